The molecule has 1 aliphatic carbocycles. The van der Waals surface area contributed by atoms with Gasteiger partial charge in [0.2, 0.25) is 5.91 Å². The van der Waals surface area contributed by atoms with Crippen molar-refractivity contribution in [2.24, 2.45) is 11.8 Å². The van der Waals surface area contributed by atoms with E-state index in [2.05, 4.69) is 6.92 Å². The van der Waals surface area contributed by atoms with Gasteiger partial charge < -0.3 is 14.7 Å². The Kier molecular flexibility index (Phi) is 5.40. The summed E-state index contributed by atoms with van der Waals surface area (Å²) in [6, 6.07) is 0. The summed E-state index contributed by atoms with van der Waals surface area (Å²) in [5.41, 5.74) is 0. The molecule has 2 aliphatic rings. The van der Waals surface area contributed by atoms with Crippen LogP contribution in [-0.4, -0.2) is 47.7 Å². The van der Waals surface area contributed by atoms with Crippen LogP contribution in [0.5, 0.6) is 0 Å². The van der Waals surface area contributed by atoms with Crippen molar-refractivity contribution < 1.29 is 19.4 Å². The Morgan fingerprint density at radius 2 is 1.80 bits per heavy atom. The predicted molar refractivity (Wildman–Crippen MR) is 74.3 cm³/mol. The highest BCUT2D eigenvalue weighted by Crippen LogP contribution is 2.26. The van der Waals surface area contributed by atoms with Gasteiger partial charge in [0.15, 0.2) is 0 Å². The van der Waals surface area contributed by atoms with Gasteiger partial charge in [-0.25, -0.2) is 0 Å². The molecule has 2 atom stereocenters. The number of amides is 1. The fourth-order valence-electron chi connectivity index (χ4n) is 3.18. The molecular weight excluding hydrogens is 258 g/mol. The molecule has 1 aliphatic heterocycles. The van der Waals surface area contributed by atoms with E-state index in [1.165, 1.54) is 19.3 Å². The second kappa shape index (κ2) is 7.07. The molecule has 0 bridgehead atoms. The number of carboxylic acids is 1. The van der Waals surface area contributed by atoms with Gasteiger partial charge in [0.1, 0.15) is 6.61 Å². The summed E-state index contributed by atoms with van der Waals surface area (Å²) < 4.78 is 5.78. The summed E-state index contributed by atoms with van der Waals surface area (Å²) in [6.07, 6.45) is 6.01. The van der Waals surface area contributed by atoms with Gasteiger partial charge in [-0.15, -0.1) is 0 Å². The largest absolute Gasteiger partial charge is 0.481 e. The molecule has 114 valence electrons. The second-order valence-electron chi connectivity index (χ2n) is 6.10. The predicted octanol–water partition coefficient (Wildman–Crippen LogP) is 1.90. The Hall–Kier alpha value is -1.10. The molecule has 1 amide bonds. The third-order valence-corrected chi connectivity index (χ3v) is 4.65. The third-order valence-electron chi connectivity index (χ3n) is 4.65. The highest BCUT2D eigenvalue weighted by Gasteiger charge is 2.28. The standard InChI is InChI=1S/C15H25NO4/c1-11-4-2-3-5-13(11)20-10-14(17)16-8-6-12(7-9-16)15(18)19/h11-13H,2-10H2,1H3,(H,18,19)/t11-,13+/m1/s1. The van der Waals surface area contributed by atoms with E-state index in [9.17, 15) is 9.59 Å². The molecule has 0 radical (unpaired) electrons. The number of carbonyl (C=O) groups is 2. The lowest BCUT2D eigenvalue weighted by Gasteiger charge is -2.32. The summed E-state index contributed by atoms with van der Waals surface area (Å²) in [5, 5.41) is 8.94. The monoisotopic (exact) mass is 283 g/mol. The average molecular weight is 283 g/mol. The maximum absolute atomic E-state index is 12.1. The van der Waals surface area contributed by atoms with Crippen LogP contribution in [0.1, 0.15) is 45.4 Å². The summed E-state index contributed by atoms with van der Waals surface area (Å²) in [5.74, 6) is -0.497. The molecule has 5 heteroatoms. The van der Waals surface area contributed by atoms with E-state index < -0.39 is 5.97 Å². The summed E-state index contributed by atoms with van der Waals surface area (Å²) >= 11 is 0. The lowest BCUT2D eigenvalue weighted by Crippen LogP contribution is -2.42. The van der Waals surface area contributed by atoms with Crippen molar-refractivity contribution >= 4 is 11.9 Å². The summed E-state index contributed by atoms with van der Waals surface area (Å²) in [4.78, 5) is 24.7. The van der Waals surface area contributed by atoms with Crippen molar-refractivity contribution in [3.05, 3.63) is 0 Å². The van der Waals surface area contributed by atoms with Crippen LogP contribution >= 0.6 is 0 Å². The first-order valence-corrected chi connectivity index (χ1v) is 7.70. The number of nitrogens with zero attached hydrogens (tertiary/aromatic N) is 1. The number of aliphatic carboxylic acids is 1. The number of carbonyl (C=O) groups excluding carboxylic acids is 1. The van der Waals surface area contributed by atoms with Crippen LogP contribution < -0.4 is 0 Å². The molecule has 1 N–H and O–H groups in total. The fourth-order valence-corrected chi connectivity index (χ4v) is 3.18. The average Bonchev–Trinajstić information content (AvgIpc) is 2.46. The summed E-state index contributed by atoms with van der Waals surface area (Å²) in [6.45, 7) is 3.41. The third kappa shape index (κ3) is 3.95. The lowest BCUT2D eigenvalue weighted by molar-refractivity contribution is -0.148. The number of hydrogen-bond acceptors (Lipinski definition) is 3. The van der Waals surface area contributed by atoms with Gasteiger partial charge >= 0.3 is 5.97 Å². The first-order valence-electron chi connectivity index (χ1n) is 7.70. The zero-order valence-corrected chi connectivity index (χ0v) is 12.2. The van der Waals surface area contributed by atoms with E-state index >= 15 is 0 Å². The van der Waals surface area contributed by atoms with Crippen molar-refractivity contribution in [1.29, 1.82) is 0 Å². The molecular formula is C15H25NO4. The van der Waals surface area contributed by atoms with Gasteiger partial charge in [-0.3, -0.25) is 9.59 Å². The Labute approximate surface area is 120 Å². The number of likely N-dealkylation sites (tertiary alicyclic amines) is 1. The Morgan fingerprint density at radius 1 is 1.15 bits per heavy atom. The van der Waals surface area contributed by atoms with Crippen molar-refractivity contribution in [1.82, 2.24) is 4.90 Å². The lowest BCUT2D eigenvalue weighted by atomic mass is 9.88. The van der Waals surface area contributed by atoms with Crippen molar-refractivity contribution in [3.63, 3.8) is 0 Å². The zero-order valence-electron chi connectivity index (χ0n) is 12.2. The molecule has 0 unspecified atom stereocenters. The van der Waals surface area contributed by atoms with E-state index in [1.807, 2.05) is 0 Å². The highest BCUT2D eigenvalue weighted by molar-refractivity contribution is 5.78. The molecule has 0 aromatic carbocycles. The minimum absolute atomic E-state index is 0.00612. The van der Waals surface area contributed by atoms with E-state index in [0.29, 0.717) is 31.8 Å². The minimum Gasteiger partial charge on any atom is -0.481 e. The van der Waals surface area contributed by atoms with Crippen LogP contribution in [0.25, 0.3) is 0 Å². The maximum Gasteiger partial charge on any atom is 0.306 e. The van der Waals surface area contributed by atoms with E-state index in [4.69, 9.17) is 9.84 Å². The van der Waals surface area contributed by atoms with Gasteiger partial charge in [-0.05, 0) is 31.6 Å². The number of rotatable bonds is 4. The Bertz CT molecular complexity index is 350. The van der Waals surface area contributed by atoms with Crippen LogP contribution in [0, 0.1) is 11.8 Å². The Balaban J connectivity index is 1.71. The molecule has 2 fully saturated rings. The van der Waals surface area contributed by atoms with E-state index in [-0.39, 0.29) is 24.5 Å². The van der Waals surface area contributed by atoms with E-state index in [0.717, 1.165) is 6.42 Å². The Morgan fingerprint density at radius 3 is 2.40 bits per heavy atom. The SMILES string of the molecule is C[C@@H]1CCCC[C@@H]1OCC(=O)N1CCC(C(=O)O)CC1. The van der Waals surface area contributed by atoms with Gasteiger partial charge in [-0.2, -0.15) is 0 Å². The van der Waals surface area contributed by atoms with E-state index in [1.54, 1.807) is 4.90 Å². The van der Waals surface area contributed by atoms with Gasteiger partial charge in [0.25, 0.3) is 0 Å². The zero-order chi connectivity index (χ0) is 14.5. The number of piperidine rings is 1. The second-order valence-corrected chi connectivity index (χ2v) is 6.10. The van der Waals surface area contributed by atoms with Crippen LogP contribution in [0.2, 0.25) is 0 Å². The molecule has 0 aromatic heterocycles. The highest BCUT2D eigenvalue weighted by atomic mass is 16.5. The van der Waals surface area contributed by atoms with Gasteiger partial charge in [-0.1, -0.05) is 19.8 Å². The fraction of sp³-hybridized carbons (Fsp3) is 0.867. The van der Waals surface area contributed by atoms with Gasteiger partial charge in [0, 0.05) is 13.1 Å². The number of hydrogen-bond donors (Lipinski definition) is 1. The topological polar surface area (TPSA) is 66.8 Å². The molecule has 1 heterocycles. The molecule has 2 rings (SSSR count). The quantitative estimate of drug-likeness (QED) is 0.855. The maximum atomic E-state index is 12.1. The van der Waals surface area contributed by atoms with Crippen molar-refractivity contribution in [2.45, 2.75) is 51.6 Å². The minimum atomic E-state index is -0.746. The normalized spacial score (nSPS) is 28.4. The molecule has 0 aromatic rings. The van der Waals surface area contributed by atoms with Crippen LogP contribution in [0.4, 0.5) is 0 Å². The van der Waals surface area contributed by atoms with Crippen LogP contribution in [-0.2, 0) is 14.3 Å². The smallest absolute Gasteiger partial charge is 0.306 e. The first-order chi connectivity index (χ1) is 9.58. The van der Waals surface area contributed by atoms with Crippen LogP contribution in [0.15, 0.2) is 0 Å². The molecule has 1 saturated heterocycles. The summed E-state index contributed by atoms with van der Waals surface area (Å²) in [7, 11) is 0. The number of ether oxygens (including phenoxy) is 1. The van der Waals surface area contributed by atoms with Crippen LogP contribution in [0.3, 0.4) is 0 Å². The van der Waals surface area contributed by atoms with Gasteiger partial charge in [0.05, 0.1) is 12.0 Å². The molecule has 0 spiro atoms. The molecule has 1 saturated carbocycles. The van der Waals surface area contributed by atoms with Crippen molar-refractivity contribution in [2.75, 3.05) is 19.7 Å². The molecule has 20 heavy (non-hydrogen) atoms. The number of carboxylic acid groups (broad SMARTS) is 1. The first kappa shape index (κ1) is 15.3. The molecule has 5 nitrogen and oxygen atoms in total. The van der Waals surface area contributed by atoms with Crippen molar-refractivity contribution in [3.8, 4) is 0 Å².